The predicted molar refractivity (Wildman–Crippen MR) is 79.3 cm³/mol. The molecule has 2 aromatic rings. The maximum Gasteiger partial charge on any atom is 0.242 e. The average molecular weight is 312 g/mol. The molecule has 2 N–H and O–H groups in total. The minimum absolute atomic E-state index is 0.188. The Bertz CT molecular complexity index is 721. The third-order valence-corrected chi connectivity index (χ3v) is 5.84. The lowest BCUT2D eigenvalue weighted by Crippen LogP contribution is -2.22. The second-order valence-corrected chi connectivity index (χ2v) is 7.67. The standard InChI is InChI=1S/C13H16N2O3S2/c1-9-12(6-7-18-9)19-13-5-4-10(8-11(13)14)20(16,17)15(2)3/h4-8H,14H2,1-3H3. The summed E-state index contributed by atoms with van der Waals surface area (Å²) in [5, 5.41) is 0. The number of nitrogens with two attached hydrogens (primary N) is 1. The van der Waals surface area contributed by atoms with E-state index in [1.807, 2.05) is 13.0 Å². The number of rotatable bonds is 4. The molecule has 0 radical (unpaired) electrons. The zero-order valence-corrected chi connectivity index (χ0v) is 13.1. The van der Waals surface area contributed by atoms with Crippen LogP contribution in [0.1, 0.15) is 5.76 Å². The van der Waals surface area contributed by atoms with Crippen LogP contribution in [-0.4, -0.2) is 26.8 Å². The number of sulfonamides is 1. The summed E-state index contributed by atoms with van der Waals surface area (Å²) < 4.78 is 30.4. The summed E-state index contributed by atoms with van der Waals surface area (Å²) in [4.78, 5) is 1.94. The molecule has 0 amide bonds. The van der Waals surface area contributed by atoms with Gasteiger partial charge >= 0.3 is 0 Å². The van der Waals surface area contributed by atoms with Gasteiger partial charge in [-0.15, -0.1) is 0 Å². The van der Waals surface area contributed by atoms with E-state index in [2.05, 4.69) is 0 Å². The van der Waals surface area contributed by atoms with Crippen LogP contribution in [0.4, 0.5) is 5.69 Å². The molecular formula is C13H16N2O3S2. The van der Waals surface area contributed by atoms with Crippen molar-refractivity contribution in [2.75, 3.05) is 19.8 Å². The Kier molecular flexibility index (Phi) is 4.12. The molecule has 0 unspecified atom stereocenters. The molecule has 20 heavy (non-hydrogen) atoms. The maximum atomic E-state index is 12.0. The number of aryl methyl sites for hydroxylation is 1. The van der Waals surface area contributed by atoms with Gasteiger partial charge in [-0.3, -0.25) is 0 Å². The maximum absolute atomic E-state index is 12.0. The van der Waals surface area contributed by atoms with Gasteiger partial charge in [0.25, 0.3) is 0 Å². The molecule has 1 heterocycles. The topological polar surface area (TPSA) is 76.5 Å². The van der Waals surface area contributed by atoms with Gasteiger partial charge in [0, 0.05) is 24.7 Å². The molecule has 108 valence electrons. The SMILES string of the molecule is Cc1occc1Sc1ccc(S(=O)(=O)N(C)C)cc1N. The van der Waals surface area contributed by atoms with Crippen LogP contribution in [0.3, 0.4) is 0 Å². The molecule has 1 aromatic carbocycles. The monoisotopic (exact) mass is 312 g/mol. The molecule has 0 aliphatic carbocycles. The van der Waals surface area contributed by atoms with Crippen molar-refractivity contribution < 1.29 is 12.8 Å². The van der Waals surface area contributed by atoms with E-state index < -0.39 is 10.0 Å². The fourth-order valence-electron chi connectivity index (χ4n) is 1.59. The molecule has 0 fully saturated rings. The van der Waals surface area contributed by atoms with Crippen molar-refractivity contribution in [3.63, 3.8) is 0 Å². The largest absolute Gasteiger partial charge is 0.468 e. The Balaban J connectivity index is 2.34. The predicted octanol–water partition coefficient (Wildman–Crippen LogP) is 2.57. The number of nitrogens with zero attached hydrogens (tertiary/aromatic N) is 1. The van der Waals surface area contributed by atoms with E-state index in [1.165, 1.54) is 31.9 Å². The molecule has 5 nitrogen and oxygen atoms in total. The lowest BCUT2D eigenvalue weighted by atomic mass is 10.3. The van der Waals surface area contributed by atoms with Crippen molar-refractivity contribution in [1.82, 2.24) is 4.31 Å². The highest BCUT2D eigenvalue weighted by Gasteiger charge is 2.18. The summed E-state index contributed by atoms with van der Waals surface area (Å²) in [6.45, 7) is 1.86. The zero-order chi connectivity index (χ0) is 14.9. The van der Waals surface area contributed by atoms with Crippen LogP contribution in [0.15, 0.2) is 49.6 Å². The third-order valence-electron chi connectivity index (χ3n) is 2.79. The summed E-state index contributed by atoms with van der Waals surface area (Å²) in [5.74, 6) is 0.805. The van der Waals surface area contributed by atoms with Gasteiger partial charge in [-0.25, -0.2) is 12.7 Å². The third kappa shape index (κ3) is 2.84. The molecule has 0 aliphatic heterocycles. The summed E-state index contributed by atoms with van der Waals surface area (Å²) in [5.41, 5.74) is 6.38. The van der Waals surface area contributed by atoms with E-state index in [9.17, 15) is 8.42 Å². The Labute approximate surface area is 122 Å². The molecule has 0 spiro atoms. The fourth-order valence-corrected chi connectivity index (χ4v) is 3.39. The molecule has 0 bridgehead atoms. The molecule has 0 aliphatic rings. The van der Waals surface area contributed by atoms with Crippen LogP contribution >= 0.6 is 11.8 Å². The van der Waals surface area contributed by atoms with E-state index in [4.69, 9.17) is 10.2 Å². The second-order valence-electron chi connectivity index (χ2n) is 4.43. The zero-order valence-electron chi connectivity index (χ0n) is 11.5. The molecule has 1 aromatic heterocycles. The Hall–Kier alpha value is -1.44. The van der Waals surface area contributed by atoms with E-state index in [0.29, 0.717) is 5.69 Å². The van der Waals surface area contributed by atoms with Crippen LogP contribution in [0.2, 0.25) is 0 Å². The Morgan fingerprint density at radius 2 is 1.90 bits per heavy atom. The molecule has 7 heteroatoms. The van der Waals surface area contributed by atoms with Gasteiger partial charge in [-0.2, -0.15) is 0 Å². The summed E-state index contributed by atoms with van der Waals surface area (Å²) in [6.07, 6.45) is 1.61. The van der Waals surface area contributed by atoms with Crippen LogP contribution in [0, 0.1) is 6.92 Å². The number of nitrogen functional groups attached to an aromatic ring is 1. The Morgan fingerprint density at radius 3 is 2.40 bits per heavy atom. The van der Waals surface area contributed by atoms with Gasteiger partial charge in [0.05, 0.1) is 16.1 Å². The van der Waals surface area contributed by atoms with Crippen LogP contribution < -0.4 is 5.73 Å². The normalized spacial score (nSPS) is 12.0. The first-order chi connectivity index (χ1) is 9.32. The van der Waals surface area contributed by atoms with Crippen molar-refractivity contribution in [1.29, 1.82) is 0 Å². The lowest BCUT2D eigenvalue weighted by molar-refractivity contribution is 0.520. The number of hydrogen-bond acceptors (Lipinski definition) is 5. The van der Waals surface area contributed by atoms with E-state index in [-0.39, 0.29) is 4.90 Å². The average Bonchev–Trinajstić information content (AvgIpc) is 2.77. The highest BCUT2D eigenvalue weighted by Crippen LogP contribution is 2.35. The number of hydrogen-bond donors (Lipinski definition) is 1. The highest BCUT2D eigenvalue weighted by atomic mass is 32.2. The molecular weight excluding hydrogens is 296 g/mol. The van der Waals surface area contributed by atoms with Crippen molar-refractivity contribution in [3.05, 3.63) is 36.3 Å². The van der Waals surface area contributed by atoms with E-state index in [0.717, 1.165) is 19.9 Å². The van der Waals surface area contributed by atoms with Crippen LogP contribution in [0.5, 0.6) is 0 Å². The first-order valence-electron chi connectivity index (χ1n) is 5.86. The lowest BCUT2D eigenvalue weighted by Gasteiger charge is -2.13. The number of benzene rings is 1. The molecule has 0 saturated carbocycles. The minimum Gasteiger partial charge on any atom is -0.468 e. The quantitative estimate of drug-likeness (QED) is 0.878. The summed E-state index contributed by atoms with van der Waals surface area (Å²) >= 11 is 1.45. The van der Waals surface area contributed by atoms with E-state index >= 15 is 0 Å². The summed E-state index contributed by atoms with van der Waals surface area (Å²) in [6, 6.07) is 6.60. The van der Waals surface area contributed by atoms with Gasteiger partial charge in [-0.05, 0) is 31.2 Å². The van der Waals surface area contributed by atoms with Gasteiger partial charge in [0.15, 0.2) is 0 Å². The van der Waals surface area contributed by atoms with Crippen molar-refractivity contribution in [3.8, 4) is 0 Å². The van der Waals surface area contributed by atoms with Crippen molar-refractivity contribution in [2.24, 2.45) is 0 Å². The number of furan rings is 1. The molecule has 2 rings (SSSR count). The van der Waals surface area contributed by atoms with Crippen molar-refractivity contribution >= 4 is 27.5 Å². The van der Waals surface area contributed by atoms with Gasteiger partial charge in [0.1, 0.15) is 5.76 Å². The first kappa shape index (κ1) is 15.0. The van der Waals surface area contributed by atoms with Gasteiger partial charge < -0.3 is 10.2 Å². The van der Waals surface area contributed by atoms with E-state index in [1.54, 1.807) is 18.4 Å². The van der Waals surface area contributed by atoms with Crippen LogP contribution in [0.25, 0.3) is 0 Å². The van der Waals surface area contributed by atoms with Gasteiger partial charge in [0.2, 0.25) is 10.0 Å². The first-order valence-corrected chi connectivity index (χ1v) is 8.12. The molecule has 0 atom stereocenters. The number of anilines is 1. The van der Waals surface area contributed by atoms with Gasteiger partial charge in [-0.1, -0.05) is 11.8 Å². The highest BCUT2D eigenvalue weighted by molar-refractivity contribution is 7.99. The minimum atomic E-state index is -3.46. The fraction of sp³-hybridized carbons (Fsp3) is 0.231. The second kappa shape index (κ2) is 5.51. The molecule has 0 saturated heterocycles. The Morgan fingerprint density at radius 1 is 1.20 bits per heavy atom. The smallest absolute Gasteiger partial charge is 0.242 e. The van der Waals surface area contributed by atoms with Crippen molar-refractivity contribution in [2.45, 2.75) is 21.6 Å². The summed E-state index contributed by atoms with van der Waals surface area (Å²) in [7, 11) is -0.483. The van der Waals surface area contributed by atoms with Crippen LogP contribution in [-0.2, 0) is 10.0 Å².